The predicted molar refractivity (Wildman–Crippen MR) is 140 cm³/mol. The molecule has 0 aliphatic heterocycles. The molecule has 2 amide bonds. The van der Waals surface area contributed by atoms with E-state index in [-0.39, 0.29) is 18.4 Å². The van der Waals surface area contributed by atoms with Crippen molar-refractivity contribution in [2.45, 2.75) is 58.3 Å². The summed E-state index contributed by atoms with van der Waals surface area (Å²) < 4.78 is 10.6. The predicted octanol–water partition coefficient (Wildman–Crippen LogP) is 3.18. The number of hydrogen-bond donors (Lipinski definition) is 2. The van der Waals surface area contributed by atoms with Gasteiger partial charge in [0, 0.05) is 0 Å². The minimum atomic E-state index is -0.788. The zero-order valence-corrected chi connectivity index (χ0v) is 22.8. The number of rotatable bonds is 12. The fourth-order valence-electron chi connectivity index (χ4n) is 3.41. The topological polar surface area (TPSA) is 106 Å². The van der Waals surface area contributed by atoms with E-state index in [1.165, 1.54) is 7.11 Å². The number of ether oxygens (including phenoxy) is 2. The molecule has 1 radical (unpaired) electrons. The second-order valence-corrected chi connectivity index (χ2v) is 9.69. The number of carbonyl (C=O) groups excluding carboxylic acids is 3. The number of benzene rings is 2. The van der Waals surface area contributed by atoms with Gasteiger partial charge >= 0.3 is 215 Å². The van der Waals surface area contributed by atoms with E-state index < -0.39 is 30.2 Å². The zero-order chi connectivity index (χ0) is 26.5. The number of methoxy groups -OCH3 is 1. The van der Waals surface area contributed by atoms with Crippen LogP contribution in [0.3, 0.4) is 0 Å². The number of hydrogen-bond acceptors (Lipinski definition) is 6. The van der Waals surface area contributed by atoms with Crippen LogP contribution in [0.5, 0.6) is 0 Å². The third-order valence-electron chi connectivity index (χ3n) is 5.29. The second-order valence-electron chi connectivity index (χ2n) is 8.81. The van der Waals surface area contributed by atoms with E-state index in [1.807, 2.05) is 74.5 Å². The molecule has 2 aromatic rings. The van der Waals surface area contributed by atoms with Crippen molar-refractivity contribution in [3.8, 4) is 0 Å². The summed E-state index contributed by atoms with van der Waals surface area (Å²) in [5.74, 6) is -0.680. The summed E-state index contributed by atoms with van der Waals surface area (Å²) in [5, 5.41) is 5.53. The third kappa shape index (κ3) is 10.2. The van der Waals surface area contributed by atoms with Crippen LogP contribution >= 0.6 is 0 Å². The van der Waals surface area contributed by atoms with E-state index in [2.05, 4.69) is 31.6 Å². The molecule has 3 atom stereocenters. The summed E-state index contributed by atoms with van der Waals surface area (Å²) >= 11 is 2.85. The first kappa shape index (κ1) is 29.1. The van der Waals surface area contributed by atoms with Crippen molar-refractivity contribution >= 4 is 38.6 Å². The zero-order valence-electron chi connectivity index (χ0n) is 21.1. The van der Waals surface area contributed by atoms with E-state index in [9.17, 15) is 14.4 Å². The average Bonchev–Trinajstić information content (AvgIpc) is 2.87. The van der Waals surface area contributed by atoms with Crippen molar-refractivity contribution in [3.63, 3.8) is 0 Å². The van der Waals surface area contributed by atoms with Gasteiger partial charge < -0.3 is 0 Å². The summed E-state index contributed by atoms with van der Waals surface area (Å²) in [7, 11) is 1.32. The number of alkyl carbamates (subject to hydrolysis) is 1. The van der Waals surface area contributed by atoms with E-state index in [1.54, 1.807) is 6.92 Å². The first-order valence-electron chi connectivity index (χ1n) is 11.8. The Morgan fingerprint density at radius 1 is 0.917 bits per heavy atom. The number of esters is 1. The summed E-state index contributed by atoms with van der Waals surface area (Å²) in [6.45, 7) is 5.79. The van der Waals surface area contributed by atoms with Gasteiger partial charge in [0.05, 0.1) is 0 Å². The van der Waals surface area contributed by atoms with E-state index >= 15 is 0 Å². The molecule has 0 aliphatic carbocycles. The SMILES string of the molecule is COC(=O)[C@H](Cc1ccccc1)N=C([Se])[C@H](C)NC(=O)[C@H](CC(C)C)NC(=O)OCc1ccccc1. The van der Waals surface area contributed by atoms with Crippen LogP contribution in [0.25, 0.3) is 0 Å². The number of carbonyl (C=O) groups is 3. The number of aliphatic imine (C=N–C) groups is 1. The van der Waals surface area contributed by atoms with E-state index in [0.29, 0.717) is 17.5 Å². The van der Waals surface area contributed by atoms with Gasteiger partial charge in [0.15, 0.2) is 0 Å². The van der Waals surface area contributed by atoms with Gasteiger partial charge in [-0.2, -0.15) is 0 Å². The van der Waals surface area contributed by atoms with Crippen LogP contribution in [0.1, 0.15) is 38.3 Å². The van der Waals surface area contributed by atoms with Crippen molar-refractivity contribution in [1.29, 1.82) is 0 Å². The molecule has 2 aromatic carbocycles. The maximum absolute atomic E-state index is 13.0. The Morgan fingerprint density at radius 3 is 2.06 bits per heavy atom. The van der Waals surface area contributed by atoms with Crippen molar-refractivity contribution in [1.82, 2.24) is 10.6 Å². The van der Waals surface area contributed by atoms with Crippen LogP contribution in [-0.4, -0.2) is 63.8 Å². The van der Waals surface area contributed by atoms with Crippen LogP contribution in [0.15, 0.2) is 65.7 Å². The molecular weight excluding hydrogens is 525 g/mol. The molecular formula is C27H34N3O5Se. The van der Waals surface area contributed by atoms with Crippen molar-refractivity contribution in [2.75, 3.05) is 7.11 Å². The van der Waals surface area contributed by atoms with Crippen molar-refractivity contribution in [2.24, 2.45) is 10.9 Å². The Balaban J connectivity index is 2.02. The standard InChI is InChI=1S/C27H34N3O5Se/c1-18(2)15-22(30-27(33)35-17-21-13-9-6-10-14-21)24(31)28-19(3)25(36)29-23(26(32)34-4)16-20-11-7-5-8-12-20/h5-14,18-19,22-23H,15-17H2,1-4H3,(H,28,31)(H,30,33)/t19-,22-,23-/m0/s1. The van der Waals surface area contributed by atoms with Gasteiger partial charge in [-0.25, -0.2) is 0 Å². The van der Waals surface area contributed by atoms with Crippen molar-refractivity contribution in [3.05, 3.63) is 71.8 Å². The molecule has 0 fully saturated rings. The molecule has 2 N–H and O–H groups in total. The Hall–Kier alpha value is -3.16. The Bertz CT molecular complexity index is 1010. The first-order chi connectivity index (χ1) is 17.2. The van der Waals surface area contributed by atoms with Gasteiger partial charge in [0.2, 0.25) is 0 Å². The van der Waals surface area contributed by atoms with Gasteiger partial charge in [0.25, 0.3) is 0 Å². The Kier molecular flexibility index (Phi) is 12.2. The number of amides is 2. The first-order valence-corrected chi connectivity index (χ1v) is 12.7. The van der Waals surface area contributed by atoms with Crippen LogP contribution in [0, 0.1) is 5.92 Å². The number of nitrogens with zero attached hydrogens (tertiary/aromatic N) is 1. The molecule has 9 heteroatoms. The second kappa shape index (κ2) is 15.1. The molecule has 0 saturated carbocycles. The van der Waals surface area contributed by atoms with Crippen LogP contribution < -0.4 is 10.6 Å². The fourth-order valence-corrected chi connectivity index (χ4v) is 3.80. The van der Waals surface area contributed by atoms with Crippen molar-refractivity contribution < 1.29 is 23.9 Å². The number of nitrogens with one attached hydrogen (secondary N) is 2. The van der Waals surface area contributed by atoms with Gasteiger partial charge in [-0.05, 0) is 0 Å². The summed E-state index contributed by atoms with van der Waals surface area (Å²) in [4.78, 5) is 42.2. The molecule has 36 heavy (non-hydrogen) atoms. The van der Waals surface area contributed by atoms with Gasteiger partial charge in [-0.15, -0.1) is 0 Å². The maximum atomic E-state index is 13.0. The molecule has 193 valence electrons. The molecule has 0 bridgehead atoms. The Labute approximate surface area is 221 Å². The monoisotopic (exact) mass is 560 g/mol. The summed E-state index contributed by atoms with van der Waals surface area (Å²) in [6.07, 6.45) is 0.125. The van der Waals surface area contributed by atoms with Crippen LogP contribution in [0.2, 0.25) is 0 Å². The Morgan fingerprint density at radius 2 is 1.50 bits per heavy atom. The average molecular weight is 560 g/mol. The molecule has 0 aromatic heterocycles. The molecule has 0 saturated heterocycles. The normalized spacial score (nSPS) is 13.9. The molecule has 8 nitrogen and oxygen atoms in total. The van der Waals surface area contributed by atoms with E-state index in [0.717, 1.165) is 11.1 Å². The molecule has 0 spiro atoms. The van der Waals surface area contributed by atoms with Gasteiger partial charge in [-0.1, -0.05) is 6.07 Å². The molecule has 2 rings (SSSR count). The van der Waals surface area contributed by atoms with Crippen LogP contribution in [-0.2, 0) is 32.1 Å². The molecule has 0 heterocycles. The van der Waals surface area contributed by atoms with Gasteiger partial charge in [0.1, 0.15) is 0 Å². The molecule has 0 unspecified atom stereocenters. The van der Waals surface area contributed by atoms with Gasteiger partial charge in [-0.3, -0.25) is 0 Å². The third-order valence-corrected chi connectivity index (χ3v) is 6.25. The van der Waals surface area contributed by atoms with E-state index in [4.69, 9.17) is 9.47 Å². The summed E-state index contributed by atoms with van der Waals surface area (Å²) in [5.41, 5.74) is 1.79. The minimum absolute atomic E-state index is 0.107. The molecule has 0 aliphatic rings. The fraction of sp³-hybridized carbons (Fsp3) is 0.407. The van der Waals surface area contributed by atoms with Crippen LogP contribution in [0.4, 0.5) is 4.79 Å². The quantitative estimate of drug-likeness (QED) is 0.236. The summed E-state index contributed by atoms with van der Waals surface area (Å²) in [6, 6.07) is 16.7.